The van der Waals surface area contributed by atoms with Gasteiger partial charge in [0.05, 0.1) is 0 Å². The maximum absolute atomic E-state index is 12.8. The van der Waals surface area contributed by atoms with Crippen molar-refractivity contribution in [2.45, 2.75) is 39.0 Å². The lowest BCUT2D eigenvalue weighted by molar-refractivity contribution is -0.139. The molecule has 0 bridgehead atoms. The molecule has 2 aliphatic rings. The number of carbonyl (C=O) groups is 2. The molecule has 136 valence electrons. The van der Waals surface area contributed by atoms with Crippen molar-refractivity contribution in [2.24, 2.45) is 5.92 Å². The summed E-state index contributed by atoms with van der Waals surface area (Å²) in [5.41, 5.74) is 3.15. The highest BCUT2D eigenvalue weighted by atomic mass is 16.2. The van der Waals surface area contributed by atoms with Gasteiger partial charge in [-0.25, -0.2) is 0 Å². The SMILES string of the molecule is CNc1cc(C)nc([C@H]2CCN(C(=O)C3CCN(C(C)=O)CC3)C2)c1. The fourth-order valence-corrected chi connectivity index (χ4v) is 3.95. The molecule has 2 saturated heterocycles. The number of rotatable bonds is 3. The number of piperidine rings is 1. The number of likely N-dealkylation sites (tertiary alicyclic amines) is 2. The van der Waals surface area contributed by atoms with E-state index in [1.807, 2.05) is 29.8 Å². The number of aromatic nitrogens is 1. The summed E-state index contributed by atoms with van der Waals surface area (Å²) in [6.45, 7) is 6.57. The molecule has 0 aromatic carbocycles. The summed E-state index contributed by atoms with van der Waals surface area (Å²) in [5, 5.41) is 3.18. The number of nitrogens with one attached hydrogen (secondary N) is 1. The first kappa shape index (κ1) is 17.7. The third kappa shape index (κ3) is 3.94. The standard InChI is InChI=1S/C19H28N4O2/c1-13-10-17(20-3)11-18(21-13)16-6-9-23(12-16)19(25)15-4-7-22(8-5-15)14(2)24/h10-11,15-16H,4-9,12H2,1-3H3,(H,20,21)/t16-/m0/s1. The number of carbonyl (C=O) groups excluding carboxylic acids is 2. The van der Waals surface area contributed by atoms with Crippen LogP contribution in [0.4, 0.5) is 5.69 Å². The van der Waals surface area contributed by atoms with E-state index in [0.717, 1.165) is 49.4 Å². The average Bonchev–Trinajstić information content (AvgIpc) is 3.10. The van der Waals surface area contributed by atoms with Crippen molar-refractivity contribution in [3.8, 4) is 0 Å². The second kappa shape index (κ2) is 7.42. The van der Waals surface area contributed by atoms with Crippen LogP contribution < -0.4 is 5.32 Å². The van der Waals surface area contributed by atoms with Crippen LogP contribution >= 0.6 is 0 Å². The van der Waals surface area contributed by atoms with Gasteiger partial charge in [-0.2, -0.15) is 0 Å². The normalized spacial score (nSPS) is 21.5. The highest BCUT2D eigenvalue weighted by Crippen LogP contribution is 2.30. The minimum absolute atomic E-state index is 0.0627. The molecule has 1 aromatic rings. The van der Waals surface area contributed by atoms with Crippen LogP contribution in [0.2, 0.25) is 0 Å². The third-order valence-corrected chi connectivity index (χ3v) is 5.47. The second-order valence-electron chi connectivity index (χ2n) is 7.22. The lowest BCUT2D eigenvalue weighted by atomic mass is 9.95. The molecule has 1 atom stereocenters. The topological polar surface area (TPSA) is 65.5 Å². The molecule has 2 amide bonds. The lowest BCUT2D eigenvalue weighted by Gasteiger charge is -2.32. The Morgan fingerprint density at radius 1 is 1.12 bits per heavy atom. The van der Waals surface area contributed by atoms with E-state index in [1.165, 1.54) is 0 Å². The van der Waals surface area contributed by atoms with Gasteiger partial charge in [-0.1, -0.05) is 0 Å². The van der Waals surface area contributed by atoms with Crippen LogP contribution in [-0.2, 0) is 9.59 Å². The number of amides is 2. The number of nitrogens with zero attached hydrogens (tertiary/aromatic N) is 3. The highest BCUT2D eigenvalue weighted by Gasteiger charge is 2.34. The Morgan fingerprint density at radius 3 is 2.44 bits per heavy atom. The van der Waals surface area contributed by atoms with Crippen molar-refractivity contribution in [3.05, 3.63) is 23.5 Å². The molecule has 2 fully saturated rings. The van der Waals surface area contributed by atoms with Crippen LogP contribution in [0.1, 0.15) is 43.5 Å². The fraction of sp³-hybridized carbons (Fsp3) is 0.632. The summed E-state index contributed by atoms with van der Waals surface area (Å²) in [6.07, 6.45) is 2.54. The molecule has 3 heterocycles. The monoisotopic (exact) mass is 344 g/mol. The van der Waals surface area contributed by atoms with Crippen LogP contribution in [0.5, 0.6) is 0 Å². The van der Waals surface area contributed by atoms with Gasteiger partial charge in [0.1, 0.15) is 0 Å². The molecule has 0 saturated carbocycles. The van der Waals surface area contributed by atoms with E-state index >= 15 is 0 Å². The Bertz CT molecular complexity index is 653. The first-order valence-electron chi connectivity index (χ1n) is 9.18. The molecule has 3 rings (SSSR count). The van der Waals surface area contributed by atoms with Crippen molar-refractivity contribution in [1.82, 2.24) is 14.8 Å². The summed E-state index contributed by atoms with van der Waals surface area (Å²) < 4.78 is 0. The molecule has 0 unspecified atom stereocenters. The van der Waals surface area contributed by atoms with E-state index in [4.69, 9.17) is 0 Å². The van der Waals surface area contributed by atoms with Gasteiger partial charge in [0.2, 0.25) is 11.8 Å². The van der Waals surface area contributed by atoms with Gasteiger partial charge in [0.15, 0.2) is 0 Å². The number of anilines is 1. The van der Waals surface area contributed by atoms with Crippen molar-refractivity contribution >= 4 is 17.5 Å². The summed E-state index contributed by atoms with van der Waals surface area (Å²) in [5.74, 6) is 0.742. The van der Waals surface area contributed by atoms with Gasteiger partial charge in [-0.15, -0.1) is 0 Å². The van der Waals surface area contributed by atoms with Gasteiger partial charge in [-0.05, 0) is 38.3 Å². The maximum atomic E-state index is 12.8. The van der Waals surface area contributed by atoms with E-state index < -0.39 is 0 Å². The predicted octanol–water partition coefficient (Wildman–Crippen LogP) is 2.01. The maximum Gasteiger partial charge on any atom is 0.225 e. The van der Waals surface area contributed by atoms with Crippen molar-refractivity contribution in [2.75, 3.05) is 38.5 Å². The van der Waals surface area contributed by atoms with Crippen LogP contribution in [0, 0.1) is 12.8 Å². The summed E-state index contributed by atoms with van der Waals surface area (Å²) >= 11 is 0. The van der Waals surface area contributed by atoms with Crippen molar-refractivity contribution in [3.63, 3.8) is 0 Å². The molecule has 6 heteroatoms. The molecule has 0 aliphatic carbocycles. The average molecular weight is 344 g/mol. The Hall–Kier alpha value is -2.11. The van der Waals surface area contributed by atoms with Gasteiger partial charge in [0, 0.05) is 69.1 Å². The zero-order valence-electron chi connectivity index (χ0n) is 15.4. The zero-order valence-corrected chi connectivity index (χ0v) is 15.4. The smallest absolute Gasteiger partial charge is 0.225 e. The second-order valence-corrected chi connectivity index (χ2v) is 7.22. The Morgan fingerprint density at radius 2 is 1.80 bits per heavy atom. The molecular formula is C19H28N4O2. The first-order valence-corrected chi connectivity index (χ1v) is 9.18. The zero-order chi connectivity index (χ0) is 18.0. The van der Waals surface area contributed by atoms with E-state index in [9.17, 15) is 9.59 Å². The molecule has 6 nitrogen and oxygen atoms in total. The van der Waals surface area contributed by atoms with E-state index in [2.05, 4.69) is 16.4 Å². The van der Waals surface area contributed by atoms with E-state index in [1.54, 1.807) is 6.92 Å². The van der Waals surface area contributed by atoms with E-state index in [0.29, 0.717) is 19.0 Å². The van der Waals surface area contributed by atoms with Gasteiger partial charge >= 0.3 is 0 Å². The number of pyridine rings is 1. The van der Waals surface area contributed by atoms with E-state index in [-0.39, 0.29) is 17.7 Å². The molecule has 2 aliphatic heterocycles. The Balaban J connectivity index is 1.60. The Kier molecular flexibility index (Phi) is 5.25. The molecule has 1 aromatic heterocycles. The fourth-order valence-electron chi connectivity index (χ4n) is 3.95. The van der Waals surface area contributed by atoms with Gasteiger partial charge < -0.3 is 15.1 Å². The number of hydrogen-bond acceptors (Lipinski definition) is 4. The minimum atomic E-state index is 0.0627. The van der Waals surface area contributed by atoms with Crippen LogP contribution in [0.25, 0.3) is 0 Å². The molecule has 0 spiro atoms. The minimum Gasteiger partial charge on any atom is -0.388 e. The first-order chi connectivity index (χ1) is 12.0. The summed E-state index contributed by atoms with van der Waals surface area (Å²) in [6, 6.07) is 4.13. The van der Waals surface area contributed by atoms with Crippen LogP contribution in [0.3, 0.4) is 0 Å². The van der Waals surface area contributed by atoms with Crippen molar-refractivity contribution in [1.29, 1.82) is 0 Å². The Labute approximate surface area is 149 Å². The highest BCUT2D eigenvalue weighted by molar-refractivity contribution is 5.80. The van der Waals surface area contributed by atoms with Crippen LogP contribution in [-0.4, -0.2) is 59.8 Å². The largest absolute Gasteiger partial charge is 0.388 e. The molecule has 25 heavy (non-hydrogen) atoms. The summed E-state index contributed by atoms with van der Waals surface area (Å²) in [7, 11) is 1.91. The quantitative estimate of drug-likeness (QED) is 0.911. The van der Waals surface area contributed by atoms with Gasteiger partial charge in [0.25, 0.3) is 0 Å². The number of hydrogen-bond donors (Lipinski definition) is 1. The molecule has 1 N–H and O–H groups in total. The van der Waals surface area contributed by atoms with Gasteiger partial charge in [-0.3, -0.25) is 14.6 Å². The summed E-state index contributed by atoms with van der Waals surface area (Å²) in [4.78, 5) is 32.8. The molecule has 0 radical (unpaired) electrons. The predicted molar refractivity (Wildman–Crippen MR) is 97.4 cm³/mol. The molecular weight excluding hydrogens is 316 g/mol. The number of aryl methyl sites for hydroxylation is 1. The van der Waals surface area contributed by atoms with Crippen molar-refractivity contribution < 1.29 is 9.59 Å². The lowest BCUT2D eigenvalue weighted by Crippen LogP contribution is -2.43. The van der Waals surface area contributed by atoms with Crippen LogP contribution in [0.15, 0.2) is 12.1 Å². The third-order valence-electron chi connectivity index (χ3n) is 5.47.